The van der Waals surface area contributed by atoms with Gasteiger partial charge in [-0.2, -0.15) is 0 Å². The van der Waals surface area contributed by atoms with Crippen molar-refractivity contribution in [2.75, 3.05) is 39.9 Å². The van der Waals surface area contributed by atoms with Gasteiger partial charge in [0, 0.05) is 26.2 Å². The van der Waals surface area contributed by atoms with Crippen molar-refractivity contribution in [3.63, 3.8) is 0 Å². The van der Waals surface area contributed by atoms with Crippen molar-refractivity contribution >= 4 is 0 Å². The first-order valence-electron chi connectivity index (χ1n) is 7.25. The minimum absolute atomic E-state index is 0.614. The summed E-state index contributed by atoms with van der Waals surface area (Å²) in [5.41, 5.74) is 0.614. The Hall–Kier alpha value is -0.120. The predicted molar refractivity (Wildman–Crippen MR) is 69.1 cm³/mol. The second-order valence-corrected chi connectivity index (χ2v) is 6.44. The number of piperidine rings is 1. The summed E-state index contributed by atoms with van der Waals surface area (Å²) in [6.45, 7) is 6.04. The molecular weight excluding hydrogens is 212 g/mol. The zero-order valence-electron chi connectivity index (χ0n) is 11.1. The Kier molecular flexibility index (Phi) is 3.42. The number of ether oxygens (including phenoxy) is 1. The summed E-state index contributed by atoms with van der Waals surface area (Å²) in [6, 6.07) is 0.693. The Bertz CT molecular complexity index is 259. The van der Waals surface area contributed by atoms with Crippen LogP contribution in [0.3, 0.4) is 0 Å². The van der Waals surface area contributed by atoms with Crippen molar-refractivity contribution in [2.45, 2.75) is 38.1 Å². The van der Waals surface area contributed by atoms with Gasteiger partial charge in [0.15, 0.2) is 0 Å². The average molecular weight is 238 g/mol. The molecule has 3 heteroatoms. The van der Waals surface area contributed by atoms with E-state index in [0.29, 0.717) is 11.5 Å². The Labute approximate surface area is 105 Å². The summed E-state index contributed by atoms with van der Waals surface area (Å²) in [5, 5.41) is 3.50. The van der Waals surface area contributed by atoms with E-state index in [1.165, 1.54) is 58.3 Å². The SMILES string of the molecule is COC[C@H]1CC2(CCNCC2)CN1CC1CC1. The monoisotopic (exact) mass is 238 g/mol. The molecule has 1 saturated carbocycles. The fraction of sp³-hybridized carbons (Fsp3) is 1.00. The molecular formula is C14H26N2O. The molecule has 3 fully saturated rings. The lowest BCUT2D eigenvalue weighted by atomic mass is 9.77. The van der Waals surface area contributed by atoms with E-state index in [4.69, 9.17) is 4.74 Å². The maximum absolute atomic E-state index is 5.43. The van der Waals surface area contributed by atoms with E-state index in [-0.39, 0.29) is 0 Å². The standard InChI is InChI=1S/C14H26N2O/c1-17-10-13-8-14(4-6-15-7-5-14)11-16(13)9-12-2-3-12/h12-13,15H,2-11H2,1H3/t13-/m1/s1. The first kappa shape index (κ1) is 11.9. The molecule has 3 aliphatic rings. The second-order valence-electron chi connectivity index (χ2n) is 6.44. The molecule has 0 amide bonds. The molecule has 98 valence electrons. The third-order valence-corrected chi connectivity index (χ3v) is 4.94. The van der Waals surface area contributed by atoms with Gasteiger partial charge < -0.3 is 10.1 Å². The van der Waals surface area contributed by atoms with Gasteiger partial charge in [0.2, 0.25) is 0 Å². The van der Waals surface area contributed by atoms with E-state index < -0.39 is 0 Å². The Morgan fingerprint density at radius 1 is 1.29 bits per heavy atom. The number of hydrogen-bond acceptors (Lipinski definition) is 3. The van der Waals surface area contributed by atoms with Gasteiger partial charge >= 0.3 is 0 Å². The fourth-order valence-electron chi connectivity index (χ4n) is 3.78. The second kappa shape index (κ2) is 4.87. The van der Waals surface area contributed by atoms with Crippen LogP contribution in [-0.4, -0.2) is 50.8 Å². The van der Waals surface area contributed by atoms with Gasteiger partial charge in [-0.3, -0.25) is 4.90 Å². The average Bonchev–Trinajstić information content (AvgIpc) is 3.07. The van der Waals surface area contributed by atoms with Crippen LogP contribution >= 0.6 is 0 Å². The molecule has 2 aliphatic heterocycles. The summed E-state index contributed by atoms with van der Waals surface area (Å²) in [4.78, 5) is 2.74. The smallest absolute Gasteiger partial charge is 0.0618 e. The van der Waals surface area contributed by atoms with Crippen LogP contribution in [0.1, 0.15) is 32.1 Å². The zero-order chi connectivity index (χ0) is 11.7. The first-order valence-corrected chi connectivity index (χ1v) is 7.25. The molecule has 3 rings (SSSR count). The highest BCUT2D eigenvalue weighted by Crippen LogP contribution is 2.43. The number of methoxy groups -OCH3 is 1. The number of nitrogens with zero attached hydrogens (tertiary/aromatic N) is 1. The first-order chi connectivity index (χ1) is 8.31. The van der Waals surface area contributed by atoms with Gasteiger partial charge in [-0.15, -0.1) is 0 Å². The van der Waals surface area contributed by atoms with Gasteiger partial charge in [-0.1, -0.05) is 0 Å². The molecule has 0 aromatic carbocycles. The van der Waals surface area contributed by atoms with Crippen molar-refractivity contribution in [3.05, 3.63) is 0 Å². The molecule has 0 radical (unpaired) electrons. The number of nitrogens with one attached hydrogen (secondary N) is 1. The van der Waals surface area contributed by atoms with Gasteiger partial charge in [0.1, 0.15) is 0 Å². The highest BCUT2D eigenvalue weighted by atomic mass is 16.5. The van der Waals surface area contributed by atoms with E-state index in [1.54, 1.807) is 0 Å². The molecule has 3 nitrogen and oxygen atoms in total. The summed E-state index contributed by atoms with van der Waals surface area (Å²) in [5.74, 6) is 1.01. The third kappa shape index (κ3) is 2.67. The molecule has 1 N–H and O–H groups in total. The van der Waals surface area contributed by atoms with Crippen LogP contribution in [0.2, 0.25) is 0 Å². The molecule has 1 aliphatic carbocycles. The summed E-state index contributed by atoms with van der Waals surface area (Å²) >= 11 is 0. The number of hydrogen-bond donors (Lipinski definition) is 1. The molecule has 2 heterocycles. The number of rotatable bonds is 4. The predicted octanol–water partition coefficient (Wildman–Crippen LogP) is 1.49. The van der Waals surface area contributed by atoms with Crippen LogP contribution in [-0.2, 0) is 4.74 Å². The van der Waals surface area contributed by atoms with Crippen LogP contribution in [0, 0.1) is 11.3 Å². The highest BCUT2D eigenvalue weighted by molar-refractivity contribution is 4.99. The van der Waals surface area contributed by atoms with Crippen molar-refractivity contribution in [1.82, 2.24) is 10.2 Å². The van der Waals surface area contributed by atoms with Crippen molar-refractivity contribution in [2.24, 2.45) is 11.3 Å². The van der Waals surface area contributed by atoms with Crippen molar-refractivity contribution < 1.29 is 4.74 Å². The molecule has 0 aromatic heterocycles. The Balaban J connectivity index is 1.64. The lowest BCUT2D eigenvalue weighted by Crippen LogP contribution is -2.39. The quantitative estimate of drug-likeness (QED) is 0.803. The lowest BCUT2D eigenvalue weighted by molar-refractivity contribution is 0.113. The van der Waals surface area contributed by atoms with E-state index >= 15 is 0 Å². The van der Waals surface area contributed by atoms with E-state index in [1.807, 2.05) is 7.11 Å². The van der Waals surface area contributed by atoms with Crippen LogP contribution < -0.4 is 5.32 Å². The summed E-state index contributed by atoms with van der Waals surface area (Å²) in [7, 11) is 1.85. The Morgan fingerprint density at radius 3 is 2.71 bits per heavy atom. The largest absolute Gasteiger partial charge is 0.383 e. The minimum Gasteiger partial charge on any atom is -0.383 e. The topological polar surface area (TPSA) is 24.5 Å². The molecule has 0 aromatic rings. The minimum atomic E-state index is 0.614. The maximum atomic E-state index is 5.43. The fourth-order valence-corrected chi connectivity index (χ4v) is 3.78. The zero-order valence-corrected chi connectivity index (χ0v) is 11.1. The molecule has 1 spiro atoms. The maximum Gasteiger partial charge on any atom is 0.0618 e. The Morgan fingerprint density at radius 2 is 2.06 bits per heavy atom. The third-order valence-electron chi connectivity index (χ3n) is 4.94. The normalized spacial score (nSPS) is 33.4. The number of likely N-dealkylation sites (tertiary alicyclic amines) is 1. The van der Waals surface area contributed by atoms with Crippen LogP contribution in [0.15, 0.2) is 0 Å². The summed E-state index contributed by atoms with van der Waals surface area (Å²) in [6.07, 6.45) is 7.04. The molecule has 17 heavy (non-hydrogen) atoms. The summed E-state index contributed by atoms with van der Waals surface area (Å²) < 4.78 is 5.43. The van der Waals surface area contributed by atoms with Gasteiger partial charge in [-0.25, -0.2) is 0 Å². The van der Waals surface area contributed by atoms with E-state index in [9.17, 15) is 0 Å². The molecule has 1 atom stereocenters. The van der Waals surface area contributed by atoms with Gasteiger partial charge in [-0.05, 0) is 56.5 Å². The van der Waals surface area contributed by atoms with Crippen molar-refractivity contribution in [1.29, 1.82) is 0 Å². The van der Waals surface area contributed by atoms with Crippen LogP contribution in [0.25, 0.3) is 0 Å². The molecule has 0 unspecified atom stereocenters. The van der Waals surface area contributed by atoms with Crippen LogP contribution in [0.5, 0.6) is 0 Å². The van der Waals surface area contributed by atoms with Gasteiger partial charge in [0.25, 0.3) is 0 Å². The van der Waals surface area contributed by atoms with Gasteiger partial charge in [0.05, 0.1) is 6.61 Å². The molecule has 0 bridgehead atoms. The van der Waals surface area contributed by atoms with E-state index in [0.717, 1.165) is 12.5 Å². The van der Waals surface area contributed by atoms with Crippen LogP contribution in [0.4, 0.5) is 0 Å². The van der Waals surface area contributed by atoms with Crippen molar-refractivity contribution in [3.8, 4) is 0 Å². The molecule has 2 saturated heterocycles. The lowest BCUT2D eigenvalue weighted by Gasteiger charge is -2.33. The highest BCUT2D eigenvalue weighted by Gasteiger charge is 2.45. The van der Waals surface area contributed by atoms with E-state index in [2.05, 4.69) is 10.2 Å².